The molecular formula is C20H28N2O. The monoisotopic (exact) mass is 312 g/mol. The van der Waals surface area contributed by atoms with Crippen LogP contribution in [0.25, 0.3) is 0 Å². The van der Waals surface area contributed by atoms with E-state index in [2.05, 4.69) is 28.8 Å². The van der Waals surface area contributed by atoms with Crippen LogP contribution in [-0.2, 0) is 11.2 Å². The summed E-state index contributed by atoms with van der Waals surface area (Å²) in [6, 6.07) is 8.50. The fraction of sp³-hybridized carbons (Fsp3) is 0.650. The van der Waals surface area contributed by atoms with Gasteiger partial charge < -0.3 is 10.6 Å². The summed E-state index contributed by atoms with van der Waals surface area (Å²) in [6.07, 6.45) is 9.88. The molecule has 2 atom stereocenters. The Balaban J connectivity index is 1.40. The molecule has 3 heteroatoms. The molecule has 0 spiro atoms. The molecule has 0 unspecified atom stereocenters. The second kappa shape index (κ2) is 6.27. The lowest BCUT2D eigenvalue weighted by atomic mass is 9.84. The molecule has 0 heterocycles. The summed E-state index contributed by atoms with van der Waals surface area (Å²) < 4.78 is 0. The largest absolute Gasteiger partial charge is 0.354 e. The predicted octanol–water partition coefficient (Wildman–Crippen LogP) is 3.59. The van der Waals surface area contributed by atoms with Crippen LogP contribution in [0.4, 0.5) is 0 Å². The van der Waals surface area contributed by atoms with Gasteiger partial charge in [-0.2, -0.15) is 0 Å². The van der Waals surface area contributed by atoms with Crippen LogP contribution in [0.5, 0.6) is 0 Å². The van der Waals surface area contributed by atoms with E-state index in [9.17, 15) is 4.79 Å². The number of hydrogen-bond acceptors (Lipinski definition) is 2. The van der Waals surface area contributed by atoms with Crippen molar-refractivity contribution >= 4 is 5.91 Å². The third-order valence-corrected chi connectivity index (χ3v) is 6.10. The van der Waals surface area contributed by atoms with E-state index in [4.69, 9.17) is 0 Å². The summed E-state index contributed by atoms with van der Waals surface area (Å²) in [5, 5.41) is 7.03. The molecule has 1 fully saturated rings. The first-order valence-electron chi connectivity index (χ1n) is 9.35. The Morgan fingerprint density at radius 3 is 2.65 bits per heavy atom. The second-order valence-electron chi connectivity index (χ2n) is 7.71. The van der Waals surface area contributed by atoms with E-state index < -0.39 is 0 Å². The average molecular weight is 312 g/mol. The van der Waals surface area contributed by atoms with E-state index in [1.54, 1.807) is 23.6 Å². The Morgan fingerprint density at radius 1 is 1.09 bits per heavy atom. The van der Waals surface area contributed by atoms with E-state index in [-0.39, 0.29) is 5.91 Å². The Kier molecular flexibility index (Phi) is 4.14. The van der Waals surface area contributed by atoms with Crippen molar-refractivity contribution in [3.8, 4) is 0 Å². The minimum atomic E-state index is 0.111. The lowest BCUT2D eigenvalue weighted by Crippen LogP contribution is -2.42. The fourth-order valence-corrected chi connectivity index (χ4v) is 5.12. The molecule has 0 bridgehead atoms. The minimum absolute atomic E-state index is 0.111. The molecule has 124 valence electrons. The van der Waals surface area contributed by atoms with Crippen LogP contribution >= 0.6 is 0 Å². The van der Waals surface area contributed by atoms with Gasteiger partial charge in [0.25, 0.3) is 0 Å². The molecule has 0 radical (unpaired) electrons. The lowest BCUT2D eigenvalue weighted by Gasteiger charge is -2.31. The van der Waals surface area contributed by atoms with Gasteiger partial charge >= 0.3 is 0 Å². The van der Waals surface area contributed by atoms with Gasteiger partial charge in [0.15, 0.2) is 0 Å². The van der Waals surface area contributed by atoms with Gasteiger partial charge in [-0.15, -0.1) is 0 Å². The SMILES string of the molecule is CC(=O)NC1CCC(N[C@@H]2C[C@@H]3CCCc4cccc2c43)CC1. The normalized spacial score (nSPS) is 32.4. The molecule has 1 saturated carbocycles. The molecule has 1 aromatic carbocycles. The van der Waals surface area contributed by atoms with Crippen molar-refractivity contribution in [2.75, 3.05) is 0 Å². The molecule has 0 saturated heterocycles. The van der Waals surface area contributed by atoms with E-state index in [1.807, 2.05) is 0 Å². The van der Waals surface area contributed by atoms with Crippen LogP contribution in [0, 0.1) is 0 Å². The van der Waals surface area contributed by atoms with Gasteiger partial charge in [0.2, 0.25) is 5.91 Å². The van der Waals surface area contributed by atoms with Gasteiger partial charge in [-0.1, -0.05) is 18.2 Å². The summed E-state index contributed by atoms with van der Waals surface area (Å²) in [5.74, 6) is 0.906. The summed E-state index contributed by atoms with van der Waals surface area (Å²) in [4.78, 5) is 11.2. The molecule has 23 heavy (non-hydrogen) atoms. The first-order chi connectivity index (χ1) is 11.2. The molecule has 1 amide bonds. The summed E-state index contributed by atoms with van der Waals surface area (Å²) in [7, 11) is 0. The lowest BCUT2D eigenvalue weighted by molar-refractivity contribution is -0.119. The Bertz CT molecular complexity index is 589. The number of aryl methyl sites for hydroxylation is 1. The molecule has 4 rings (SSSR count). The second-order valence-corrected chi connectivity index (χ2v) is 7.71. The fourth-order valence-electron chi connectivity index (χ4n) is 5.12. The Labute approximate surface area is 139 Å². The van der Waals surface area contributed by atoms with Crippen molar-refractivity contribution in [1.29, 1.82) is 0 Å². The standard InChI is InChI=1S/C20H28N2O/c1-13(23)21-16-8-10-17(11-9-16)22-19-12-15-6-2-4-14-5-3-7-18(19)20(14)15/h3,5,7,15-17,19,22H,2,4,6,8-12H2,1H3,(H,21,23)/t15-,16?,17?,19+/m0/s1. The summed E-state index contributed by atoms with van der Waals surface area (Å²) >= 11 is 0. The van der Waals surface area contributed by atoms with E-state index in [1.165, 1.54) is 38.5 Å². The Morgan fingerprint density at radius 2 is 1.87 bits per heavy atom. The first-order valence-corrected chi connectivity index (χ1v) is 9.35. The molecule has 0 aromatic heterocycles. The van der Waals surface area contributed by atoms with Crippen LogP contribution in [0.1, 0.15) is 80.5 Å². The zero-order valence-electron chi connectivity index (χ0n) is 14.1. The highest BCUT2D eigenvalue weighted by molar-refractivity contribution is 5.73. The van der Waals surface area contributed by atoms with Crippen molar-refractivity contribution in [2.45, 2.75) is 82.3 Å². The number of carbonyl (C=O) groups is 1. The molecule has 3 nitrogen and oxygen atoms in total. The average Bonchev–Trinajstić information content (AvgIpc) is 2.89. The van der Waals surface area contributed by atoms with Crippen LogP contribution in [0.15, 0.2) is 18.2 Å². The third kappa shape index (κ3) is 3.03. The minimum Gasteiger partial charge on any atom is -0.354 e. The number of carbonyl (C=O) groups excluding carboxylic acids is 1. The van der Waals surface area contributed by atoms with Crippen molar-refractivity contribution in [3.05, 3.63) is 34.9 Å². The smallest absolute Gasteiger partial charge is 0.217 e. The number of nitrogens with one attached hydrogen (secondary N) is 2. The quantitative estimate of drug-likeness (QED) is 0.895. The van der Waals surface area contributed by atoms with Crippen LogP contribution in [0.2, 0.25) is 0 Å². The first kappa shape index (κ1) is 15.2. The van der Waals surface area contributed by atoms with Gasteiger partial charge in [0, 0.05) is 25.0 Å². The molecule has 2 N–H and O–H groups in total. The molecule has 3 aliphatic carbocycles. The number of hydrogen-bond donors (Lipinski definition) is 2. The third-order valence-electron chi connectivity index (χ3n) is 6.10. The van der Waals surface area contributed by atoms with Gasteiger partial charge in [0.05, 0.1) is 0 Å². The topological polar surface area (TPSA) is 41.1 Å². The zero-order valence-corrected chi connectivity index (χ0v) is 14.1. The van der Waals surface area contributed by atoms with Gasteiger partial charge in [-0.25, -0.2) is 0 Å². The summed E-state index contributed by atoms with van der Waals surface area (Å²) in [5.41, 5.74) is 4.87. The van der Waals surface area contributed by atoms with E-state index in [0.717, 1.165) is 18.8 Å². The Hall–Kier alpha value is -1.35. The van der Waals surface area contributed by atoms with Crippen molar-refractivity contribution in [3.63, 3.8) is 0 Å². The molecule has 1 aromatic rings. The number of benzene rings is 1. The van der Waals surface area contributed by atoms with Crippen molar-refractivity contribution in [1.82, 2.24) is 10.6 Å². The number of amides is 1. The van der Waals surface area contributed by atoms with Crippen LogP contribution in [0.3, 0.4) is 0 Å². The van der Waals surface area contributed by atoms with E-state index >= 15 is 0 Å². The van der Waals surface area contributed by atoms with Gasteiger partial charge in [-0.05, 0) is 74.0 Å². The van der Waals surface area contributed by atoms with Crippen LogP contribution in [-0.4, -0.2) is 18.0 Å². The van der Waals surface area contributed by atoms with Gasteiger partial charge in [0.1, 0.15) is 0 Å². The molecule has 0 aliphatic heterocycles. The summed E-state index contributed by atoms with van der Waals surface area (Å²) in [6.45, 7) is 1.62. The zero-order chi connectivity index (χ0) is 15.8. The highest BCUT2D eigenvalue weighted by Gasteiger charge is 2.35. The van der Waals surface area contributed by atoms with Crippen LogP contribution < -0.4 is 10.6 Å². The molecule has 3 aliphatic rings. The highest BCUT2D eigenvalue weighted by atomic mass is 16.1. The maximum Gasteiger partial charge on any atom is 0.217 e. The van der Waals surface area contributed by atoms with Crippen molar-refractivity contribution < 1.29 is 4.79 Å². The molecular weight excluding hydrogens is 284 g/mol. The predicted molar refractivity (Wildman–Crippen MR) is 92.5 cm³/mol. The van der Waals surface area contributed by atoms with E-state index in [0.29, 0.717) is 18.1 Å². The highest BCUT2D eigenvalue weighted by Crippen LogP contribution is 2.47. The van der Waals surface area contributed by atoms with Crippen molar-refractivity contribution in [2.24, 2.45) is 0 Å². The number of rotatable bonds is 3. The maximum atomic E-state index is 11.2. The van der Waals surface area contributed by atoms with Gasteiger partial charge in [-0.3, -0.25) is 4.79 Å². The maximum absolute atomic E-state index is 11.2.